The van der Waals surface area contributed by atoms with Gasteiger partial charge in [0.15, 0.2) is 6.23 Å². The van der Waals surface area contributed by atoms with Gasteiger partial charge in [-0.15, -0.1) is 0 Å². The quantitative estimate of drug-likeness (QED) is 0.151. The Balaban J connectivity index is 2.14. The van der Waals surface area contributed by atoms with Crippen molar-refractivity contribution in [1.29, 1.82) is 0 Å². The van der Waals surface area contributed by atoms with Crippen LogP contribution in [0.4, 0.5) is 0 Å². The van der Waals surface area contributed by atoms with Crippen LogP contribution in [0.5, 0.6) is 0 Å². The Morgan fingerprint density at radius 1 is 0.600 bits per heavy atom. The molecule has 2 unspecified atom stereocenters. The van der Waals surface area contributed by atoms with Gasteiger partial charge in [-0.25, -0.2) is 0 Å². The number of allylic oxidation sites excluding steroid dienone is 10. The summed E-state index contributed by atoms with van der Waals surface area (Å²) in [5.41, 5.74) is 7.48. The summed E-state index contributed by atoms with van der Waals surface area (Å²) in [6.07, 6.45) is 24.0. The molecule has 1 aliphatic heterocycles. The lowest BCUT2D eigenvalue weighted by atomic mass is 10.0. The molecule has 1 fully saturated rings. The number of rotatable bonds is 15. The molecule has 1 rings (SSSR count). The van der Waals surface area contributed by atoms with E-state index in [1.54, 1.807) is 0 Å². The molecule has 0 saturated carbocycles. The lowest BCUT2D eigenvalue weighted by Gasteiger charge is -2.02. The normalized spacial score (nSPS) is 20.5. The smallest absolute Gasteiger partial charge is 0.154 e. The fourth-order valence-corrected chi connectivity index (χ4v) is 3.50. The largest absolute Gasteiger partial charge is 0.275 e. The summed E-state index contributed by atoms with van der Waals surface area (Å²) in [5.74, 6) is 0. The molecule has 1 heterocycles. The summed E-state index contributed by atoms with van der Waals surface area (Å²) < 4.78 is 0. The maximum Gasteiger partial charge on any atom is 0.154 e. The number of hydrogen-bond donors (Lipinski definition) is 0. The van der Waals surface area contributed by atoms with E-state index in [0.717, 1.165) is 32.1 Å². The van der Waals surface area contributed by atoms with Crippen LogP contribution in [0.3, 0.4) is 0 Å². The minimum atomic E-state index is 0.360. The van der Waals surface area contributed by atoms with Gasteiger partial charge in [0.1, 0.15) is 0 Å². The fourth-order valence-electron chi connectivity index (χ4n) is 3.50. The van der Waals surface area contributed by atoms with Crippen LogP contribution in [-0.2, 0) is 4.84 Å². The molecule has 170 valence electrons. The number of hydrogen-bond acceptors (Lipinski definition) is 2. The molecule has 0 aromatic rings. The molecule has 0 aromatic carbocycles. The molecule has 30 heavy (non-hydrogen) atoms. The summed E-state index contributed by atoms with van der Waals surface area (Å²) in [7, 11) is 2.00. The zero-order valence-electron chi connectivity index (χ0n) is 20.9. The number of unbranched alkanes of at least 4 members (excludes halogenated alkanes) is 1. The lowest BCUT2D eigenvalue weighted by Crippen LogP contribution is -1.94. The second-order valence-corrected chi connectivity index (χ2v) is 9.32. The van der Waals surface area contributed by atoms with Crippen molar-refractivity contribution in [2.45, 2.75) is 112 Å². The maximum absolute atomic E-state index is 5.32. The van der Waals surface area contributed by atoms with Crippen LogP contribution in [0.15, 0.2) is 58.2 Å². The highest BCUT2D eigenvalue weighted by molar-refractivity contribution is 5.07. The fraction of sp³-hybridized carbons (Fsp3) is 0.643. The van der Waals surface area contributed by atoms with E-state index in [9.17, 15) is 0 Å². The van der Waals surface area contributed by atoms with Gasteiger partial charge in [-0.1, -0.05) is 58.2 Å². The van der Waals surface area contributed by atoms with Gasteiger partial charge in [-0.3, -0.25) is 4.84 Å². The van der Waals surface area contributed by atoms with Crippen molar-refractivity contribution < 1.29 is 4.84 Å². The molecule has 1 aliphatic rings. The van der Waals surface area contributed by atoms with Gasteiger partial charge >= 0.3 is 0 Å². The average Bonchev–Trinajstić information content (AvgIpc) is 3.38. The van der Waals surface area contributed by atoms with Crippen LogP contribution < -0.4 is 0 Å². The molecule has 0 spiro atoms. The van der Waals surface area contributed by atoms with E-state index in [4.69, 9.17) is 4.84 Å². The van der Waals surface area contributed by atoms with Crippen molar-refractivity contribution in [2.24, 2.45) is 0 Å². The van der Waals surface area contributed by atoms with Gasteiger partial charge < -0.3 is 0 Å². The van der Waals surface area contributed by atoms with E-state index in [0.29, 0.717) is 6.23 Å². The summed E-state index contributed by atoms with van der Waals surface area (Å²) in [6, 6.07) is 0. The van der Waals surface area contributed by atoms with Gasteiger partial charge in [-0.05, 0) is 106 Å². The first-order valence-electron chi connectivity index (χ1n) is 11.9. The van der Waals surface area contributed by atoms with E-state index in [1.165, 1.54) is 60.0 Å². The Morgan fingerprint density at radius 3 is 1.37 bits per heavy atom. The molecule has 2 nitrogen and oxygen atoms in total. The Bertz CT molecular complexity index is 644. The number of nitrogens with zero attached hydrogens (tertiary/aromatic N) is 1. The topological polar surface area (TPSA) is 15.5 Å². The molecule has 2 atom stereocenters. The van der Waals surface area contributed by atoms with Gasteiger partial charge in [0.25, 0.3) is 0 Å². The van der Waals surface area contributed by atoms with Crippen molar-refractivity contribution in [3.8, 4) is 0 Å². The predicted molar refractivity (Wildman–Crippen MR) is 133 cm³/mol. The highest BCUT2D eigenvalue weighted by Crippen LogP contribution is 2.23. The first kappa shape index (κ1) is 26.7. The SMILES string of the molecule is CC(C)=CCC/C(C)=C/CC/C(C)=C/CC/C=C(\C)CC/C=C(\C)CCC1ON1C. The van der Waals surface area contributed by atoms with E-state index in [2.05, 4.69) is 71.9 Å². The van der Waals surface area contributed by atoms with Gasteiger partial charge in [-0.2, -0.15) is 5.06 Å². The summed E-state index contributed by atoms with van der Waals surface area (Å²) >= 11 is 0. The van der Waals surface area contributed by atoms with Crippen LogP contribution in [-0.4, -0.2) is 18.3 Å². The molecule has 1 saturated heterocycles. The minimum absolute atomic E-state index is 0.360. The first-order valence-corrected chi connectivity index (χ1v) is 11.9. The molecule has 2 heteroatoms. The van der Waals surface area contributed by atoms with Crippen LogP contribution in [0.1, 0.15) is 106 Å². The second-order valence-electron chi connectivity index (χ2n) is 9.32. The monoisotopic (exact) mass is 413 g/mol. The molecular formula is C28H47NO. The maximum atomic E-state index is 5.32. The zero-order chi connectivity index (χ0) is 22.4. The van der Waals surface area contributed by atoms with Gasteiger partial charge in [0, 0.05) is 7.05 Å². The Hall–Kier alpha value is -1.38. The van der Waals surface area contributed by atoms with E-state index < -0.39 is 0 Å². The molecular weight excluding hydrogens is 366 g/mol. The summed E-state index contributed by atoms with van der Waals surface area (Å²) in [6.45, 7) is 13.4. The third-order valence-electron chi connectivity index (χ3n) is 5.74. The highest BCUT2D eigenvalue weighted by atomic mass is 16.8. The summed E-state index contributed by atoms with van der Waals surface area (Å²) in [5, 5.41) is 1.93. The van der Waals surface area contributed by atoms with Crippen molar-refractivity contribution in [1.82, 2.24) is 5.06 Å². The standard InChI is InChI=1S/C28H47NO/c1-23(2)13-10-16-26(5)19-11-17-24(3)14-8-9-15-25(4)18-12-20-27(6)21-22-28-29(7)30-28/h13-15,19-20,28H,8-12,16-18,21-22H2,1-7H3/b24-14+,25-15+,26-19+,27-20+. The molecule has 0 amide bonds. The van der Waals surface area contributed by atoms with E-state index in [-0.39, 0.29) is 0 Å². The zero-order valence-corrected chi connectivity index (χ0v) is 20.9. The van der Waals surface area contributed by atoms with Gasteiger partial charge in [0.2, 0.25) is 0 Å². The minimum Gasteiger partial charge on any atom is -0.275 e. The molecule has 0 bridgehead atoms. The number of hydroxylamine groups is 2. The van der Waals surface area contributed by atoms with Crippen LogP contribution in [0, 0.1) is 0 Å². The Morgan fingerprint density at radius 2 is 0.967 bits per heavy atom. The summed E-state index contributed by atoms with van der Waals surface area (Å²) in [4.78, 5) is 5.32. The molecule has 0 aliphatic carbocycles. The second kappa shape index (κ2) is 15.4. The Labute approximate surface area is 187 Å². The van der Waals surface area contributed by atoms with Crippen LogP contribution in [0.25, 0.3) is 0 Å². The molecule has 0 radical (unpaired) electrons. The van der Waals surface area contributed by atoms with Crippen molar-refractivity contribution in [3.05, 3.63) is 58.2 Å². The van der Waals surface area contributed by atoms with Crippen molar-refractivity contribution in [3.63, 3.8) is 0 Å². The lowest BCUT2D eigenvalue weighted by molar-refractivity contribution is 0.232. The first-order chi connectivity index (χ1) is 14.3. The van der Waals surface area contributed by atoms with E-state index in [1.807, 2.05) is 12.1 Å². The van der Waals surface area contributed by atoms with Crippen molar-refractivity contribution in [2.75, 3.05) is 7.05 Å². The molecule has 0 aromatic heterocycles. The Kier molecular flexibility index (Phi) is 13.7. The van der Waals surface area contributed by atoms with Crippen LogP contribution in [0.2, 0.25) is 0 Å². The highest BCUT2D eigenvalue weighted by Gasteiger charge is 2.30. The molecule has 0 N–H and O–H groups in total. The third-order valence-corrected chi connectivity index (χ3v) is 5.74. The van der Waals surface area contributed by atoms with Gasteiger partial charge in [0.05, 0.1) is 0 Å². The third kappa shape index (κ3) is 14.6. The van der Waals surface area contributed by atoms with Crippen LogP contribution >= 0.6 is 0 Å². The average molecular weight is 414 g/mol. The predicted octanol–water partition coefficient (Wildman–Crippen LogP) is 8.84. The van der Waals surface area contributed by atoms with Crippen molar-refractivity contribution >= 4 is 0 Å². The van der Waals surface area contributed by atoms with E-state index >= 15 is 0 Å².